The minimum atomic E-state index is -0.514. The van der Waals surface area contributed by atoms with Crippen molar-refractivity contribution >= 4 is 64.9 Å². The van der Waals surface area contributed by atoms with Crippen LogP contribution < -0.4 is 0 Å². The Bertz CT molecular complexity index is 3890. The molecule has 14 rings (SSSR count). The third-order valence-corrected chi connectivity index (χ3v) is 15.8. The fourth-order valence-electron chi connectivity index (χ4n) is 10.6. The third-order valence-electron chi connectivity index (χ3n) is 13.4. The van der Waals surface area contributed by atoms with Gasteiger partial charge in [-0.25, -0.2) is 19.9 Å². The summed E-state index contributed by atoms with van der Waals surface area (Å²) in [5.74, 6) is 1.90. The first-order valence-corrected chi connectivity index (χ1v) is 23.5. The number of hydrogen-bond donors (Lipinski definition) is 0. The van der Waals surface area contributed by atoms with E-state index in [1.54, 1.807) is 11.3 Å². The zero-order valence-corrected chi connectivity index (χ0v) is 36.4. The van der Waals surface area contributed by atoms with Gasteiger partial charge in [0.05, 0.1) is 16.6 Å². The highest BCUT2D eigenvalue weighted by molar-refractivity contribution is 7.99. The van der Waals surface area contributed by atoms with Crippen LogP contribution in [0.1, 0.15) is 22.3 Å². The van der Waals surface area contributed by atoms with Crippen molar-refractivity contribution in [2.75, 3.05) is 0 Å². The van der Waals surface area contributed by atoms with Crippen molar-refractivity contribution in [2.24, 2.45) is 0 Å². The van der Waals surface area contributed by atoms with Gasteiger partial charge in [0.1, 0.15) is 0 Å². The lowest BCUT2D eigenvalue weighted by atomic mass is 9.67. The van der Waals surface area contributed by atoms with Crippen molar-refractivity contribution in [2.45, 2.75) is 15.2 Å². The summed E-state index contributed by atoms with van der Waals surface area (Å²) in [7, 11) is 0. The van der Waals surface area contributed by atoms with Gasteiger partial charge in [-0.3, -0.25) is 0 Å². The molecule has 4 nitrogen and oxygen atoms in total. The number of hydrogen-bond acceptors (Lipinski definition) is 6. The molecule has 65 heavy (non-hydrogen) atoms. The highest BCUT2D eigenvalue weighted by Gasteiger charge is 2.50. The number of pyridine rings is 1. The minimum Gasteiger partial charge on any atom is -0.247 e. The monoisotopic (exact) mass is 862 g/mol. The first-order chi connectivity index (χ1) is 32.2. The molecule has 6 heteroatoms. The highest BCUT2D eigenvalue weighted by Crippen LogP contribution is 2.63. The van der Waals surface area contributed by atoms with Gasteiger partial charge in [-0.1, -0.05) is 182 Å². The second kappa shape index (κ2) is 14.1. The molecule has 0 radical (unpaired) electrons. The molecule has 0 fully saturated rings. The Balaban J connectivity index is 1.07. The zero-order valence-electron chi connectivity index (χ0n) is 34.7. The van der Waals surface area contributed by atoms with E-state index in [1.165, 1.54) is 68.7 Å². The topological polar surface area (TPSA) is 51.6 Å². The van der Waals surface area contributed by atoms with Crippen molar-refractivity contribution < 1.29 is 0 Å². The van der Waals surface area contributed by atoms with E-state index in [1.807, 2.05) is 30.0 Å². The second-order valence-electron chi connectivity index (χ2n) is 16.8. The quantitative estimate of drug-likeness (QED) is 0.165. The van der Waals surface area contributed by atoms with Crippen LogP contribution >= 0.6 is 23.1 Å². The molecule has 2 aliphatic rings. The van der Waals surface area contributed by atoms with Crippen LogP contribution in [0.2, 0.25) is 0 Å². The Hall–Kier alpha value is -7.77. The van der Waals surface area contributed by atoms with E-state index in [4.69, 9.17) is 19.9 Å². The molecule has 4 heterocycles. The van der Waals surface area contributed by atoms with Gasteiger partial charge in [0, 0.05) is 68.4 Å². The molecule has 9 aromatic carbocycles. The molecular formula is C59H34N4S2. The van der Waals surface area contributed by atoms with Crippen molar-refractivity contribution in [1.82, 2.24) is 19.9 Å². The number of nitrogens with zero attached hydrogens (tertiary/aromatic N) is 4. The third kappa shape index (κ3) is 5.32. The Morgan fingerprint density at radius 1 is 0.369 bits per heavy atom. The van der Waals surface area contributed by atoms with Crippen LogP contribution in [0.5, 0.6) is 0 Å². The van der Waals surface area contributed by atoms with E-state index >= 15 is 0 Å². The van der Waals surface area contributed by atoms with Crippen LogP contribution in [-0.2, 0) is 5.41 Å². The van der Waals surface area contributed by atoms with Gasteiger partial charge < -0.3 is 0 Å². The SMILES string of the molecule is c1ccc(-c2nc(-c3ccc4nc(-c5ccccc5)c5ccc6c(c5c4c3)Sc3ccccc3C63c4ccccc4-c4ccccc43)nc(-c3cccc4c3sc3ccccc34)n2)cc1. The van der Waals surface area contributed by atoms with Gasteiger partial charge in [0.15, 0.2) is 17.5 Å². The van der Waals surface area contributed by atoms with Gasteiger partial charge in [-0.15, -0.1) is 11.3 Å². The van der Waals surface area contributed by atoms with Crippen molar-refractivity contribution in [3.63, 3.8) is 0 Å². The van der Waals surface area contributed by atoms with Crippen LogP contribution in [0.4, 0.5) is 0 Å². The summed E-state index contributed by atoms with van der Waals surface area (Å²) in [6.45, 7) is 0. The fourth-order valence-corrected chi connectivity index (χ4v) is 13.2. The van der Waals surface area contributed by atoms with Gasteiger partial charge in [-0.05, 0) is 69.8 Å². The van der Waals surface area contributed by atoms with Crippen molar-refractivity contribution in [3.05, 3.63) is 229 Å². The Kier molecular flexibility index (Phi) is 7.97. The predicted molar refractivity (Wildman–Crippen MR) is 269 cm³/mol. The van der Waals surface area contributed by atoms with Crippen molar-refractivity contribution in [1.29, 1.82) is 0 Å². The van der Waals surface area contributed by atoms with Crippen LogP contribution in [0.25, 0.3) is 98.4 Å². The maximum atomic E-state index is 5.49. The molecule has 302 valence electrons. The molecule has 1 aliphatic heterocycles. The zero-order chi connectivity index (χ0) is 42.6. The maximum absolute atomic E-state index is 5.49. The first kappa shape index (κ1) is 36.7. The van der Waals surface area contributed by atoms with Gasteiger partial charge >= 0.3 is 0 Å². The van der Waals surface area contributed by atoms with Gasteiger partial charge in [-0.2, -0.15) is 0 Å². The average Bonchev–Trinajstić information content (AvgIpc) is 3.90. The van der Waals surface area contributed by atoms with E-state index in [0.717, 1.165) is 44.2 Å². The van der Waals surface area contributed by atoms with Crippen LogP contribution in [0.3, 0.4) is 0 Å². The summed E-state index contributed by atoms with van der Waals surface area (Å²) in [5, 5.41) is 5.80. The lowest BCUT2D eigenvalue weighted by Gasteiger charge is -2.40. The summed E-state index contributed by atoms with van der Waals surface area (Å²) >= 11 is 3.66. The van der Waals surface area contributed by atoms with E-state index in [2.05, 4.69) is 188 Å². The van der Waals surface area contributed by atoms with E-state index < -0.39 is 5.41 Å². The number of rotatable bonds is 4. The Labute approximate surface area is 383 Å². The summed E-state index contributed by atoms with van der Waals surface area (Å²) in [4.78, 5) is 23.8. The lowest BCUT2D eigenvalue weighted by molar-refractivity contribution is 0.726. The molecule has 0 N–H and O–H groups in total. The molecule has 0 saturated carbocycles. The number of benzene rings is 9. The number of fused-ring (bicyclic) bond motifs is 16. The average molecular weight is 863 g/mol. The van der Waals surface area contributed by atoms with E-state index in [0.29, 0.717) is 17.5 Å². The number of aromatic nitrogens is 4. The van der Waals surface area contributed by atoms with Gasteiger partial charge in [0.2, 0.25) is 0 Å². The molecule has 1 spiro atoms. The minimum absolute atomic E-state index is 0.514. The molecule has 0 amide bonds. The van der Waals surface area contributed by atoms with Gasteiger partial charge in [0.25, 0.3) is 0 Å². The molecule has 0 bridgehead atoms. The highest BCUT2D eigenvalue weighted by atomic mass is 32.2. The van der Waals surface area contributed by atoms with Crippen molar-refractivity contribution in [3.8, 4) is 56.5 Å². The van der Waals surface area contributed by atoms with E-state index in [9.17, 15) is 0 Å². The Morgan fingerprint density at radius 2 is 0.985 bits per heavy atom. The molecule has 12 aromatic rings. The molecule has 1 aliphatic carbocycles. The molecule has 0 unspecified atom stereocenters. The molecule has 3 aromatic heterocycles. The first-order valence-electron chi connectivity index (χ1n) is 21.9. The maximum Gasteiger partial charge on any atom is 0.165 e. The lowest BCUT2D eigenvalue weighted by Crippen LogP contribution is -2.32. The second-order valence-corrected chi connectivity index (χ2v) is 18.9. The van der Waals surface area contributed by atoms with Crippen LogP contribution in [0, 0.1) is 0 Å². The van der Waals surface area contributed by atoms with Crippen LogP contribution in [0.15, 0.2) is 216 Å². The fraction of sp³-hybridized carbons (Fsp3) is 0.0169. The smallest absolute Gasteiger partial charge is 0.165 e. The standard InChI is InChI=1S/C59H34N4S2/c1-3-16-35(17-4-1)53-42-31-32-48-55(65-51-29-14-12-27-47(51)59(48)45-25-10-7-20-38(45)39-21-8-11-26-46(39)59)52(42)44-34-37(30-33-49(44)60-53)57-61-56(36-18-5-2-6-19-36)62-58(63-57)43-24-15-23-41-40-22-9-13-28-50(40)64-54(41)43/h1-34H. The summed E-state index contributed by atoms with van der Waals surface area (Å²) in [6.07, 6.45) is 0. The summed E-state index contributed by atoms with van der Waals surface area (Å²) < 4.78 is 2.41. The van der Waals surface area contributed by atoms with Crippen LogP contribution in [-0.4, -0.2) is 19.9 Å². The molecule has 0 atom stereocenters. The summed E-state index contributed by atoms with van der Waals surface area (Å²) in [6, 6.07) is 74.2. The number of thiophene rings is 1. The van der Waals surface area contributed by atoms with E-state index in [-0.39, 0.29) is 0 Å². The predicted octanol–water partition coefficient (Wildman–Crippen LogP) is 15.4. The molecule has 0 saturated heterocycles. The largest absolute Gasteiger partial charge is 0.247 e. The Morgan fingerprint density at radius 3 is 1.77 bits per heavy atom. The summed E-state index contributed by atoms with van der Waals surface area (Å²) in [5.41, 5.74) is 13.1. The molecular weight excluding hydrogens is 829 g/mol. The normalized spacial score (nSPS) is 13.3.